The molecule has 112 valence electrons. The van der Waals surface area contributed by atoms with E-state index in [4.69, 9.17) is 0 Å². The number of carboxylic acids is 1. The van der Waals surface area contributed by atoms with Crippen LogP contribution < -0.4 is 0 Å². The lowest BCUT2D eigenvalue weighted by molar-refractivity contribution is 0.0697. The molecule has 0 bridgehead atoms. The Morgan fingerprint density at radius 3 is 2.65 bits per heavy atom. The molecule has 0 amide bonds. The van der Waals surface area contributed by atoms with Crippen molar-refractivity contribution >= 4 is 22.5 Å². The van der Waals surface area contributed by atoms with Gasteiger partial charge in [-0.15, -0.1) is 0 Å². The SMILES string of the molecule is Cc1cc2nc(-c3ccccc3C(=O)O)c3ccccc3n2n1. The van der Waals surface area contributed by atoms with Crippen molar-refractivity contribution in [3.05, 3.63) is 65.9 Å². The lowest BCUT2D eigenvalue weighted by atomic mass is 10.0. The number of aromatic nitrogens is 3. The molecule has 2 aromatic heterocycles. The molecule has 0 radical (unpaired) electrons. The fourth-order valence-corrected chi connectivity index (χ4v) is 2.86. The molecule has 0 saturated heterocycles. The van der Waals surface area contributed by atoms with Crippen molar-refractivity contribution < 1.29 is 9.90 Å². The third kappa shape index (κ3) is 2.05. The minimum atomic E-state index is -0.962. The summed E-state index contributed by atoms with van der Waals surface area (Å²) in [6, 6.07) is 16.6. The van der Waals surface area contributed by atoms with E-state index < -0.39 is 5.97 Å². The Kier molecular flexibility index (Phi) is 2.87. The van der Waals surface area contributed by atoms with E-state index in [9.17, 15) is 9.90 Å². The van der Waals surface area contributed by atoms with Gasteiger partial charge in [0.25, 0.3) is 0 Å². The van der Waals surface area contributed by atoms with Gasteiger partial charge in [-0.1, -0.05) is 36.4 Å². The lowest BCUT2D eigenvalue weighted by Gasteiger charge is -2.10. The van der Waals surface area contributed by atoms with Crippen LogP contribution in [0.3, 0.4) is 0 Å². The molecule has 23 heavy (non-hydrogen) atoms. The number of benzene rings is 2. The quantitative estimate of drug-likeness (QED) is 0.615. The molecular formula is C18H13N3O2. The van der Waals surface area contributed by atoms with Crippen LogP contribution in [0.25, 0.3) is 27.8 Å². The maximum Gasteiger partial charge on any atom is 0.336 e. The predicted octanol–water partition coefficient (Wildman–Crippen LogP) is 3.56. The predicted molar refractivity (Wildman–Crippen MR) is 87.6 cm³/mol. The number of aryl methyl sites for hydroxylation is 1. The molecule has 0 spiro atoms. The molecule has 0 atom stereocenters. The Labute approximate surface area is 131 Å². The molecule has 2 heterocycles. The molecule has 0 saturated carbocycles. The number of aromatic carboxylic acids is 1. The van der Waals surface area contributed by atoms with E-state index in [1.807, 2.05) is 43.3 Å². The van der Waals surface area contributed by atoms with Gasteiger partial charge in [0, 0.05) is 17.0 Å². The van der Waals surface area contributed by atoms with Gasteiger partial charge in [0.15, 0.2) is 5.65 Å². The van der Waals surface area contributed by atoms with Crippen LogP contribution >= 0.6 is 0 Å². The molecule has 5 heteroatoms. The Morgan fingerprint density at radius 1 is 1.09 bits per heavy atom. The fourth-order valence-electron chi connectivity index (χ4n) is 2.86. The molecule has 0 aliphatic rings. The maximum atomic E-state index is 11.6. The van der Waals surface area contributed by atoms with Crippen molar-refractivity contribution in [2.24, 2.45) is 0 Å². The van der Waals surface area contributed by atoms with E-state index >= 15 is 0 Å². The van der Waals surface area contributed by atoms with Gasteiger partial charge in [-0.25, -0.2) is 14.3 Å². The van der Waals surface area contributed by atoms with Crippen molar-refractivity contribution in [1.29, 1.82) is 0 Å². The average molecular weight is 303 g/mol. The molecule has 0 fully saturated rings. The van der Waals surface area contributed by atoms with Gasteiger partial charge in [0.2, 0.25) is 0 Å². The standard InChI is InChI=1S/C18H13N3O2/c1-11-10-16-19-17(12-6-2-3-7-13(12)18(22)23)14-8-4-5-9-15(14)21(16)20-11/h2-10H,1H3,(H,22,23). The van der Waals surface area contributed by atoms with Crippen molar-refractivity contribution in [2.75, 3.05) is 0 Å². The van der Waals surface area contributed by atoms with E-state index in [2.05, 4.69) is 10.1 Å². The minimum absolute atomic E-state index is 0.241. The van der Waals surface area contributed by atoms with E-state index in [1.54, 1.807) is 22.7 Å². The largest absolute Gasteiger partial charge is 0.478 e. The van der Waals surface area contributed by atoms with Gasteiger partial charge < -0.3 is 5.11 Å². The van der Waals surface area contributed by atoms with Crippen LogP contribution in [-0.4, -0.2) is 25.7 Å². The normalized spacial score (nSPS) is 11.2. The maximum absolute atomic E-state index is 11.6. The van der Waals surface area contributed by atoms with E-state index in [-0.39, 0.29) is 5.56 Å². The Morgan fingerprint density at radius 2 is 1.83 bits per heavy atom. The number of hydrogen-bond donors (Lipinski definition) is 1. The second-order valence-electron chi connectivity index (χ2n) is 5.38. The van der Waals surface area contributed by atoms with Gasteiger partial charge >= 0.3 is 5.97 Å². The highest BCUT2D eigenvalue weighted by molar-refractivity contribution is 6.02. The lowest BCUT2D eigenvalue weighted by Crippen LogP contribution is -2.02. The third-order valence-corrected chi connectivity index (χ3v) is 3.84. The molecule has 4 rings (SSSR count). The number of fused-ring (bicyclic) bond motifs is 3. The summed E-state index contributed by atoms with van der Waals surface area (Å²) >= 11 is 0. The average Bonchev–Trinajstić information content (AvgIpc) is 2.94. The van der Waals surface area contributed by atoms with Gasteiger partial charge in [0.1, 0.15) is 0 Å². The number of rotatable bonds is 2. The molecule has 0 unspecified atom stereocenters. The minimum Gasteiger partial charge on any atom is -0.478 e. The number of nitrogens with zero attached hydrogens (tertiary/aromatic N) is 3. The van der Waals surface area contributed by atoms with Crippen LogP contribution in [0.15, 0.2) is 54.6 Å². The summed E-state index contributed by atoms with van der Waals surface area (Å²) in [4.78, 5) is 16.2. The van der Waals surface area contributed by atoms with Crippen LogP contribution in [-0.2, 0) is 0 Å². The Balaban J connectivity index is 2.16. The second-order valence-corrected chi connectivity index (χ2v) is 5.38. The van der Waals surface area contributed by atoms with E-state index in [1.165, 1.54) is 0 Å². The zero-order valence-electron chi connectivity index (χ0n) is 12.4. The summed E-state index contributed by atoms with van der Waals surface area (Å²) in [6.45, 7) is 1.91. The first kappa shape index (κ1) is 13.5. The highest BCUT2D eigenvalue weighted by Crippen LogP contribution is 2.30. The van der Waals surface area contributed by atoms with Crippen molar-refractivity contribution in [3.63, 3.8) is 0 Å². The van der Waals surface area contributed by atoms with E-state index in [0.717, 1.165) is 16.6 Å². The van der Waals surface area contributed by atoms with Gasteiger partial charge in [-0.2, -0.15) is 5.10 Å². The summed E-state index contributed by atoms with van der Waals surface area (Å²) in [5.41, 5.74) is 3.98. The summed E-state index contributed by atoms with van der Waals surface area (Å²) in [7, 11) is 0. The van der Waals surface area contributed by atoms with Gasteiger partial charge in [-0.05, 0) is 19.1 Å². The fraction of sp³-hybridized carbons (Fsp3) is 0.0556. The summed E-state index contributed by atoms with van der Waals surface area (Å²) in [5.74, 6) is -0.962. The zero-order chi connectivity index (χ0) is 16.0. The number of hydrogen-bond acceptors (Lipinski definition) is 3. The highest BCUT2D eigenvalue weighted by atomic mass is 16.4. The molecule has 2 aromatic carbocycles. The molecule has 0 aliphatic heterocycles. The molecule has 5 nitrogen and oxygen atoms in total. The molecular weight excluding hydrogens is 290 g/mol. The zero-order valence-corrected chi connectivity index (χ0v) is 12.4. The summed E-state index contributed by atoms with van der Waals surface area (Å²) in [6.07, 6.45) is 0. The van der Waals surface area contributed by atoms with Crippen LogP contribution in [0.4, 0.5) is 0 Å². The monoisotopic (exact) mass is 303 g/mol. The third-order valence-electron chi connectivity index (χ3n) is 3.84. The van der Waals surface area contributed by atoms with Gasteiger partial charge in [0.05, 0.1) is 22.5 Å². The topological polar surface area (TPSA) is 67.5 Å². The van der Waals surface area contributed by atoms with E-state index in [0.29, 0.717) is 16.9 Å². The number of para-hydroxylation sites is 1. The van der Waals surface area contributed by atoms with Gasteiger partial charge in [-0.3, -0.25) is 0 Å². The second kappa shape index (κ2) is 4.91. The summed E-state index contributed by atoms with van der Waals surface area (Å²) in [5, 5.41) is 14.8. The molecule has 1 N–H and O–H groups in total. The summed E-state index contributed by atoms with van der Waals surface area (Å²) < 4.78 is 1.79. The van der Waals surface area contributed by atoms with Crippen molar-refractivity contribution in [2.45, 2.75) is 6.92 Å². The number of carbonyl (C=O) groups is 1. The van der Waals surface area contributed by atoms with Crippen molar-refractivity contribution in [1.82, 2.24) is 14.6 Å². The first-order valence-corrected chi connectivity index (χ1v) is 7.23. The van der Waals surface area contributed by atoms with Crippen molar-refractivity contribution in [3.8, 4) is 11.3 Å². The van der Waals surface area contributed by atoms with Crippen LogP contribution in [0.2, 0.25) is 0 Å². The molecule has 4 aromatic rings. The van der Waals surface area contributed by atoms with Crippen LogP contribution in [0, 0.1) is 6.92 Å². The van der Waals surface area contributed by atoms with Crippen LogP contribution in [0.1, 0.15) is 16.1 Å². The number of carboxylic acid groups (broad SMARTS) is 1. The Bertz CT molecular complexity index is 1070. The molecule has 0 aliphatic carbocycles. The smallest absolute Gasteiger partial charge is 0.336 e. The Hall–Kier alpha value is -3.21. The van der Waals surface area contributed by atoms with Crippen LogP contribution in [0.5, 0.6) is 0 Å². The first-order chi connectivity index (χ1) is 11.1. The first-order valence-electron chi connectivity index (χ1n) is 7.23. The highest BCUT2D eigenvalue weighted by Gasteiger charge is 2.16.